The highest BCUT2D eigenvalue weighted by Crippen LogP contribution is 2.50. The molecule has 0 bridgehead atoms. The van der Waals surface area contributed by atoms with Crippen molar-refractivity contribution in [3.63, 3.8) is 0 Å². The van der Waals surface area contributed by atoms with Crippen molar-refractivity contribution >= 4 is 70.4 Å². The van der Waals surface area contributed by atoms with Crippen molar-refractivity contribution in [2.45, 2.75) is 211 Å². The first-order chi connectivity index (χ1) is 50.5. The molecule has 38 heteroatoms. The first-order valence-corrected chi connectivity index (χ1v) is 38.8. The van der Waals surface area contributed by atoms with Crippen molar-refractivity contribution in [3.05, 3.63) is 140 Å². The Kier molecular flexibility index (Phi) is 30.2. The molecule has 1 unspecified atom stereocenters. The van der Waals surface area contributed by atoms with E-state index < -0.39 is 212 Å². The van der Waals surface area contributed by atoms with Crippen molar-refractivity contribution in [3.8, 4) is 17.2 Å². The van der Waals surface area contributed by atoms with Crippen LogP contribution in [-0.2, 0) is 94.0 Å². The molecule has 18 atom stereocenters. The maximum absolute atomic E-state index is 15.5. The number of nitrogens with one attached hydrogen (secondary N) is 3. The highest BCUT2D eigenvalue weighted by atomic mass is 31.2. The summed E-state index contributed by atoms with van der Waals surface area (Å²) in [6.07, 6.45) is -8.72. The number of aliphatic hydroxyl groups excluding tert-OH is 3. The quantitative estimate of drug-likeness (QED) is 0.0161. The van der Waals surface area contributed by atoms with Gasteiger partial charge in [-0.1, -0.05) is 61.2 Å². The molecule has 0 saturated carbocycles. The summed E-state index contributed by atoms with van der Waals surface area (Å²) in [6.45, 7) is 19.3. The van der Waals surface area contributed by atoms with Gasteiger partial charge in [0, 0.05) is 18.6 Å². The molecule has 32 nitrogen and oxygen atoms in total. The molecular formula is C70H92F3N6O26P3. The molecular weight excluding hydrogens is 1490 g/mol. The van der Waals surface area contributed by atoms with E-state index in [1.807, 2.05) is 0 Å². The summed E-state index contributed by atoms with van der Waals surface area (Å²) in [6, 6.07) is 20.8. The van der Waals surface area contributed by atoms with Crippen LogP contribution < -0.4 is 28.8 Å². The molecule has 108 heavy (non-hydrogen) atoms. The lowest BCUT2D eigenvalue weighted by Gasteiger charge is -2.33. The van der Waals surface area contributed by atoms with E-state index >= 15 is 13.2 Å². The molecule has 0 aromatic heterocycles. The number of nitrogens with zero attached hydrogens (tertiary/aromatic N) is 3. The number of carbonyl (C=O) groups is 8. The van der Waals surface area contributed by atoms with Crippen molar-refractivity contribution in [1.82, 2.24) is 30.0 Å². The normalized spacial score (nSPS) is 28.8. The maximum atomic E-state index is 15.5. The van der Waals surface area contributed by atoms with Crippen LogP contribution in [0.4, 0.5) is 13.2 Å². The largest absolute Gasteiger partial charge is 0.462 e. The fourth-order valence-electron chi connectivity index (χ4n) is 10.9. The highest BCUT2D eigenvalue weighted by Gasteiger charge is 2.61. The Labute approximate surface area is 622 Å². The van der Waals surface area contributed by atoms with Gasteiger partial charge in [-0.2, -0.15) is 15.3 Å². The number of ketones is 2. The molecule has 0 aliphatic carbocycles. The maximum Gasteiger partial charge on any atom is 0.459 e. The molecule has 6 heterocycles. The zero-order valence-corrected chi connectivity index (χ0v) is 64.0. The average molecular weight is 1580 g/mol. The molecule has 3 fully saturated rings. The molecule has 3 aromatic carbocycles. The third-order valence-corrected chi connectivity index (χ3v) is 21.4. The fraction of sp³-hybridized carbons (Fsp3) is 0.514. The summed E-state index contributed by atoms with van der Waals surface area (Å²) in [7, 11) is -12.8. The van der Waals surface area contributed by atoms with Crippen LogP contribution in [0.1, 0.15) is 102 Å². The standard InChI is InChI=1S/C24H32FN2O8P.2C23H30FN2O9P/c1-15(2)33-22(30)17(4)26-36(31,35-18-9-7-6-8-10-18)32-14-19-21(29)24(5,25)23(34-19)27-12-11-16(3)13-20(27)28;2*1-14(2)33-21(30)15(3)25-36(31,35-17-8-6-5-7-9-17)32-13-18-20(29)23(4,24)22(34-18)26-11-10-16(27)12-19(26)28/h6-12,15,17,19,21,23,29H,3,13-14H2,1-2,4-5H3,(H,26,31);2*5-11,14-15,18,20,22,29H,12-13H2,1-4H3,(H,25,31)/t17-,19+,21+,23+,24+,36+;15-,18+,20+,22+,23+,36?;15-,18+,20+,22+,23+,36-/m000/s1. The second-order valence-corrected chi connectivity index (χ2v) is 32.0. The third-order valence-electron chi connectivity index (χ3n) is 16.4. The lowest BCUT2D eigenvalue weighted by Crippen LogP contribution is -2.51. The van der Waals surface area contributed by atoms with Crippen molar-refractivity contribution < 1.29 is 136 Å². The summed E-state index contributed by atoms with van der Waals surface area (Å²) in [5, 5.41) is 39.3. The van der Waals surface area contributed by atoms with Gasteiger partial charge in [0.15, 0.2) is 47.3 Å². The minimum absolute atomic E-state index is 0.0158. The summed E-state index contributed by atoms with van der Waals surface area (Å²) >= 11 is 0. The minimum Gasteiger partial charge on any atom is -0.462 e. The number of hydrogen-bond acceptors (Lipinski definition) is 26. The molecule has 0 spiro atoms. The molecule has 3 amide bonds. The smallest absolute Gasteiger partial charge is 0.459 e. The van der Waals surface area contributed by atoms with E-state index in [1.54, 1.807) is 102 Å². The van der Waals surface area contributed by atoms with Crippen molar-refractivity contribution in [1.29, 1.82) is 0 Å². The first kappa shape index (κ1) is 87.4. The number of benzene rings is 3. The lowest BCUT2D eigenvalue weighted by molar-refractivity contribution is -0.151. The van der Waals surface area contributed by atoms with Crippen LogP contribution in [0, 0.1) is 0 Å². The van der Waals surface area contributed by atoms with Gasteiger partial charge in [-0.3, -0.25) is 66.6 Å². The SMILES string of the molecule is C=C1C=CN([C@@H]2O[C@H](CO[P@](=O)(N[C@@H](C)C(=O)OC(C)C)Oc3ccccc3)[C@@H](O)[C@@]2(C)F)C(=O)C1.CC(C)OC(=O)[C@H](C)NP(=O)(OC[C@H]1O[C@@H](N2C=CC(=O)CC2=O)[C@](C)(F)[C@@H]1O)Oc1ccccc1.CC(C)OC(=O)[C@H](C)N[P@](=O)(OC[C@H]1O[C@@H](N2C=CC(=O)CC2=O)[C@](C)(F)[C@@H]1O)Oc1ccccc1. The Hall–Kier alpha value is -7.82. The topological polar surface area (TPSA) is 405 Å². The fourth-order valence-corrected chi connectivity index (χ4v) is 15.4. The molecule has 594 valence electrons. The number of allylic oxidation sites excluding steroid dienone is 3. The molecule has 3 saturated heterocycles. The third kappa shape index (κ3) is 23.4. The Morgan fingerprint density at radius 3 is 0.954 bits per heavy atom. The van der Waals surface area contributed by atoms with Crippen molar-refractivity contribution in [2.75, 3.05) is 19.8 Å². The first-order valence-electron chi connectivity index (χ1n) is 34.2. The van der Waals surface area contributed by atoms with E-state index in [4.69, 9.17) is 55.6 Å². The molecule has 6 aliphatic heterocycles. The van der Waals surface area contributed by atoms with E-state index in [2.05, 4.69) is 21.8 Å². The second kappa shape index (κ2) is 37.3. The Bertz CT molecular complexity index is 3540. The lowest BCUT2D eigenvalue weighted by atomic mass is 9.97. The Morgan fingerprint density at radius 2 is 0.713 bits per heavy atom. The minimum atomic E-state index is -4.29. The van der Waals surface area contributed by atoms with Gasteiger partial charge in [-0.25, -0.2) is 26.9 Å². The van der Waals surface area contributed by atoms with Gasteiger partial charge in [0.2, 0.25) is 17.7 Å². The predicted octanol–water partition coefficient (Wildman–Crippen LogP) is 7.73. The second-order valence-electron chi connectivity index (χ2n) is 26.9. The summed E-state index contributed by atoms with van der Waals surface area (Å²) in [5.74, 6) is -4.30. The number of hydrogen-bond donors (Lipinski definition) is 6. The molecule has 0 radical (unpaired) electrons. The van der Waals surface area contributed by atoms with Gasteiger partial charge in [-0.15, -0.1) is 0 Å². The number of ether oxygens (including phenoxy) is 6. The number of amides is 3. The van der Waals surface area contributed by atoms with Gasteiger partial charge < -0.3 is 57.3 Å². The van der Waals surface area contributed by atoms with Crippen LogP contribution in [0.3, 0.4) is 0 Å². The van der Waals surface area contributed by atoms with Gasteiger partial charge in [-0.05, 0) is 143 Å². The van der Waals surface area contributed by atoms with Gasteiger partial charge in [0.25, 0.3) is 0 Å². The predicted molar refractivity (Wildman–Crippen MR) is 377 cm³/mol. The van der Waals surface area contributed by atoms with E-state index in [1.165, 1.54) is 63.4 Å². The number of esters is 3. The number of halogens is 3. The number of rotatable bonds is 30. The number of aliphatic hydroxyl groups is 3. The zero-order valence-electron chi connectivity index (χ0n) is 61.3. The molecule has 9 rings (SSSR count). The van der Waals surface area contributed by atoms with E-state index in [9.17, 15) is 67.4 Å². The molecule has 3 aromatic rings. The number of alkyl halides is 3. The van der Waals surface area contributed by atoms with Crippen LogP contribution in [0.15, 0.2) is 140 Å². The highest BCUT2D eigenvalue weighted by molar-refractivity contribution is 7.52. The van der Waals surface area contributed by atoms with E-state index in [0.29, 0.717) is 5.57 Å². The van der Waals surface area contributed by atoms with E-state index in [-0.39, 0.29) is 23.7 Å². The van der Waals surface area contributed by atoms with E-state index in [0.717, 1.165) is 60.0 Å². The summed E-state index contributed by atoms with van der Waals surface area (Å²) in [4.78, 5) is 99.5. The van der Waals surface area contributed by atoms with Crippen LogP contribution >= 0.6 is 23.2 Å². The Morgan fingerprint density at radius 1 is 0.463 bits per heavy atom. The monoisotopic (exact) mass is 1580 g/mol. The molecule has 6 N–H and O–H groups in total. The van der Waals surface area contributed by atoms with Crippen LogP contribution in [0.25, 0.3) is 0 Å². The number of carbonyl (C=O) groups excluding carboxylic acids is 8. The molecule has 6 aliphatic rings. The summed E-state index contributed by atoms with van der Waals surface area (Å²) < 4.78 is 152. The van der Waals surface area contributed by atoms with Gasteiger partial charge in [0.1, 0.15) is 72.0 Å². The Balaban J connectivity index is 0.000000226. The van der Waals surface area contributed by atoms with Crippen molar-refractivity contribution in [2.24, 2.45) is 0 Å². The number of para-hydroxylation sites is 3. The van der Waals surface area contributed by atoms with Crippen LogP contribution in [-0.4, -0.2) is 206 Å². The zero-order chi connectivity index (χ0) is 80.0. The summed E-state index contributed by atoms with van der Waals surface area (Å²) in [5.41, 5.74) is -6.69. The van der Waals surface area contributed by atoms with Gasteiger partial charge >= 0.3 is 41.1 Å². The van der Waals surface area contributed by atoms with Crippen LogP contribution in [0.5, 0.6) is 17.2 Å². The van der Waals surface area contributed by atoms with Gasteiger partial charge in [0.05, 0.1) is 57.4 Å². The average Bonchev–Trinajstić information content (AvgIpc) is 1.63. The van der Waals surface area contributed by atoms with Crippen LogP contribution in [0.2, 0.25) is 0 Å².